The van der Waals surface area contributed by atoms with Gasteiger partial charge < -0.3 is 19.9 Å². The zero-order valence-corrected chi connectivity index (χ0v) is 38.8. The first-order valence-electron chi connectivity index (χ1n) is 24.4. The molecule has 0 radical (unpaired) electrons. The smallest absolute Gasteiger partial charge is 0.311 e. The standard InChI is InChI=1S/C51H93NO5/c1-9-11-13-15-17-19-21-23-25-29-42(5)31-27-33-44(7)37-50(54)56-48-36-35-46(47(53)40-52-41(3)4)39-49(48)57-51(55)38-45(8)34-28-32-43(6)30-26-24-22-20-18-16-14-12-10-2/h35-36,39,41-45,47,52-53H,9-34,37-38,40H2,1-8H3. The summed E-state index contributed by atoms with van der Waals surface area (Å²) in [5.74, 6) is 1.63. The van der Waals surface area contributed by atoms with Crippen LogP contribution in [0.5, 0.6) is 11.5 Å². The summed E-state index contributed by atoms with van der Waals surface area (Å²) in [6.07, 6.45) is 33.6. The molecule has 5 atom stereocenters. The van der Waals surface area contributed by atoms with Gasteiger partial charge in [0.1, 0.15) is 0 Å². The van der Waals surface area contributed by atoms with E-state index in [0.717, 1.165) is 31.6 Å². The lowest BCUT2D eigenvalue weighted by atomic mass is 9.93. The number of unbranched alkanes of at least 4 members (excludes halogenated alkanes) is 16. The van der Waals surface area contributed by atoms with Gasteiger partial charge in [0.25, 0.3) is 0 Å². The lowest BCUT2D eigenvalue weighted by molar-refractivity contribution is -0.138. The Morgan fingerprint density at radius 2 is 0.877 bits per heavy atom. The van der Waals surface area contributed by atoms with Crippen molar-refractivity contribution in [1.29, 1.82) is 0 Å². The van der Waals surface area contributed by atoms with Crippen LogP contribution < -0.4 is 14.8 Å². The van der Waals surface area contributed by atoms with Gasteiger partial charge in [0.2, 0.25) is 0 Å². The molecule has 1 aromatic rings. The topological polar surface area (TPSA) is 84.9 Å². The molecule has 0 fully saturated rings. The van der Waals surface area contributed by atoms with Gasteiger partial charge in [-0.1, -0.05) is 228 Å². The number of aliphatic hydroxyl groups is 1. The monoisotopic (exact) mass is 800 g/mol. The molecule has 0 aliphatic heterocycles. The van der Waals surface area contributed by atoms with E-state index in [-0.39, 0.29) is 41.3 Å². The van der Waals surface area contributed by atoms with Crippen LogP contribution in [-0.2, 0) is 9.59 Å². The molecule has 0 saturated carbocycles. The Hall–Kier alpha value is -1.92. The SMILES string of the molecule is CCCCCCCCCCCC(C)CCCC(C)CC(=O)Oc1ccc(C(O)CNC(C)C)cc1OC(=O)CC(C)CCCC(C)CCCCCCCCCCC. The molecule has 57 heavy (non-hydrogen) atoms. The van der Waals surface area contributed by atoms with Gasteiger partial charge in [-0.05, 0) is 41.4 Å². The number of esters is 2. The van der Waals surface area contributed by atoms with Crippen LogP contribution in [0.25, 0.3) is 0 Å². The number of aliphatic hydroxyl groups excluding tert-OH is 1. The molecule has 0 aliphatic rings. The quantitative estimate of drug-likeness (QED) is 0.0394. The molecular weight excluding hydrogens is 707 g/mol. The molecule has 6 nitrogen and oxygen atoms in total. The molecule has 2 N–H and O–H groups in total. The Bertz CT molecular complexity index is 1120. The average molecular weight is 800 g/mol. The van der Waals surface area contributed by atoms with Crippen molar-refractivity contribution in [2.75, 3.05) is 6.54 Å². The summed E-state index contributed by atoms with van der Waals surface area (Å²) in [6, 6.07) is 5.29. The number of hydrogen-bond acceptors (Lipinski definition) is 6. The van der Waals surface area contributed by atoms with Gasteiger partial charge in [-0.25, -0.2) is 0 Å². The molecule has 5 unspecified atom stereocenters. The van der Waals surface area contributed by atoms with Crippen molar-refractivity contribution in [2.45, 2.75) is 247 Å². The number of ether oxygens (including phenoxy) is 2. The van der Waals surface area contributed by atoms with E-state index in [1.807, 2.05) is 13.8 Å². The van der Waals surface area contributed by atoms with Crippen LogP contribution in [0, 0.1) is 23.7 Å². The minimum absolute atomic E-state index is 0.195. The number of hydrogen-bond donors (Lipinski definition) is 2. The first kappa shape index (κ1) is 53.1. The van der Waals surface area contributed by atoms with Crippen molar-refractivity contribution in [3.05, 3.63) is 23.8 Å². The molecule has 6 heteroatoms. The number of nitrogens with one attached hydrogen (secondary N) is 1. The largest absolute Gasteiger partial charge is 0.423 e. The first-order valence-corrected chi connectivity index (χ1v) is 24.4. The molecule has 1 aromatic carbocycles. The zero-order chi connectivity index (χ0) is 42.1. The van der Waals surface area contributed by atoms with Crippen molar-refractivity contribution in [3.8, 4) is 11.5 Å². The highest BCUT2D eigenvalue weighted by Gasteiger charge is 2.20. The maximum atomic E-state index is 13.2. The van der Waals surface area contributed by atoms with Gasteiger partial charge in [0, 0.05) is 25.4 Å². The molecule has 1 rings (SSSR count). The van der Waals surface area contributed by atoms with E-state index in [9.17, 15) is 14.7 Å². The second kappa shape index (κ2) is 34.9. The summed E-state index contributed by atoms with van der Waals surface area (Å²) in [5.41, 5.74) is 0.615. The molecule has 0 spiro atoms. The second-order valence-corrected chi connectivity index (χ2v) is 18.7. The highest BCUT2D eigenvalue weighted by molar-refractivity contribution is 5.76. The Kier molecular flexibility index (Phi) is 32.5. The summed E-state index contributed by atoms with van der Waals surface area (Å²) >= 11 is 0. The first-order chi connectivity index (χ1) is 27.4. The van der Waals surface area contributed by atoms with Crippen LogP contribution in [0.15, 0.2) is 18.2 Å². The van der Waals surface area contributed by atoms with Gasteiger partial charge in [-0.2, -0.15) is 0 Å². The fourth-order valence-electron chi connectivity index (χ4n) is 7.99. The molecular formula is C51H93NO5. The second-order valence-electron chi connectivity index (χ2n) is 18.7. The fraction of sp³-hybridized carbons (Fsp3) is 0.843. The number of rotatable bonds is 38. The highest BCUT2D eigenvalue weighted by atomic mass is 16.6. The third kappa shape index (κ3) is 29.9. The van der Waals surface area contributed by atoms with E-state index < -0.39 is 6.10 Å². The van der Waals surface area contributed by atoms with Crippen LogP contribution in [0.2, 0.25) is 0 Å². The summed E-state index contributed by atoms with van der Waals surface area (Å²) in [7, 11) is 0. The number of carbonyl (C=O) groups excluding carboxylic acids is 2. The normalized spacial score (nSPS) is 14.4. The third-order valence-corrected chi connectivity index (χ3v) is 11.9. The van der Waals surface area contributed by atoms with Crippen molar-refractivity contribution in [1.82, 2.24) is 5.32 Å². The van der Waals surface area contributed by atoms with Crippen LogP contribution in [0.3, 0.4) is 0 Å². The highest BCUT2D eigenvalue weighted by Crippen LogP contribution is 2.33. The van der Waals surface area contributed by atoms with E-state index in [0.29, 0.717) is 30.9 Å². The Morgan fingerprint density at radius 3 is 1.30 bits per heavy atom. The van der Waals surface area contributed by atoms with E-state index in [1.54, 1.807) is 18.2 Å². The van der Waals surface area contributed by atoms with Crippen LogP contribution in [0.4, 0.5) is 0 Å². The van der Waals surface area contributed by atoms with Crippen LogP contribution >= 0.6 is 0 Å². The van der Waals surface area contributed by atoms with Crippen molar-refractivity contribution in [2.24, 2.45) is 23.7 Å². The predicted molar refractivity (Wildman–Crippen MR) is 243 cm³/mol. The van der Waals surface area contributed by atoms with E-state index in [1.165, 1.54) is 141 Å². The minimum atomic E-state index is -0.784. The fourth-order valence-corrected chi connectivity index (χ4v) is 7.99. The Labute approximate surface area is 353 Å². The lowest BCUT2D eigenvalue weighted by Crippen LogP contribution is -2.28. The summed E-state index contributed by atoms with van der Waals surface area (Å²) < 4.78 is 11.7. The summed E-state index contributed by atoms with van der Waals surface area (Å²) in [6.45, 7) is 17.9. The minimum Gasteiger partial charge on any atom is -0.423 e. The zero-order valence-electron chi connectivity index (χ0n) is 38.8. The molecule has 0 amide bonds. The van der Waals surface area contributed by atoms with Gasteiger partial charge in [0.05, 0.1) is 6.10 Å². The molecule has 0 heterocycles. The molecule has 332 valence electrons. The van der Waals surface area contributed by atoms with E-state index in [4.69, 9.17) is 9.47 Å². The van der Waals surface area contributed by atoms with Gasteiger partial charge in [-0.15, -0.1) is 0 Å². The lowest BCUT2D eigenvalue weighted by Gasteiger charge is -2.18. The molecule has 0 saturated heterocycles. The summed E-state index contributed by atoms with van der Waals surface area (Å²) in [4.78, 5) is 26.4. The maximum absolute atomic E-state index is 13.2. The number of carbonyl (C=O) groups is 2. The molecule has 0 aromatic heterocycles. The number of benzene rings is 1. The third-order valence-electron chi connectivity index (χ3n) is 11.9. The van der Waals surface area contributed by atoms with Crippen molar-refractivity contribution < 1.29 is 24.2 Å². The Balaban J connectivity index is 2.55. The van der Waals surface area contributed by atoms with E-state index >= 15 is 0 Å². The molecule has 0 aliphatic carbocycles. The molecule has 0 bridgehead atoms. The van der Waals surface area contributed by atoms with Gasteiger partial charge in [-0.3, -0.25) is 9.59 Å². The Morgan fingerprint density at radius 1 is 0.509 bits per heavy atom. The van der Waals surface area contributed by atoms with Crippen molar-refractivity contribution in [3.63, 3.8) is 0 Å². The predicted octanol–water partition coefficient (Wildman–Crippen LogP) is 15.0. The van der Waals surface area contributed by atoms with E-state index in [2.05, 4.69) is 46.9 Å². The maximum Gasteiger partial charge on any atom is 0.311 e. The van der Waals surface area contributed by atoms with Gasteiger partial charge >= 0.3 is 11.9 Å². The summed E-state index contributed by atoms with van der Waals surface area (Å²) in [5, 5.41) is 14.1. The van der Waals surface area contributed by atoms with Crippen LogP contribution in [0.1, 0.15) is 247 Å². The van der Waals surface area contributed by atoms with Crippen molar-refractivity contribution >= 4 is 11.9 Å². The average Bonchev–Trinajstić information content (AvgIpc) is 3.16. The van der Waals surface area contributed by atoms with Crippen LogP contribution in [-0.4, -0.2) is 29.6 Å². The van der Waals surface area contributed by atoms with Gasteiger partial charge in [0.15, 0.2) is 11.5 Å².